The standard InChI is InChI=1S/C21H27FN4O4/c1-20(2,3)19(29)30-15-14(25-18(21(4,5)23)26(6)17(15)28)16(27)24-11-12-7-9-13(22)10-8-12/h7-10H,11,23H2,1-6H3,(H,24,27). The van der Waals surface area contributed by atoms with E-state index >= 15 is 0 Å². The van der Waals surface area contributed by atoms with Crippen molar-refractivity contribution in [1.29, 1.82) is 0 Å². The highest BCUT2D eigenvalue weighted by Gasteiger charge is 2.31. The van der Waals surface area contributed by atoms with E-state index in [9.17, 15) is 18.8 Å². The predicted octanol–water partition coefficient (Wildman–Crippen LogP) is 1.99. The largest absolute Gasteiger partial charge is 0.418 e. The summed E-state index contributed by atoms with van der Waals surface area (Å²) in [5, 5.41) is 2.61. The van der Waals surface area contributed by atoms with Crippen molar-refractivity contribution in [2.24, 2.45) is 18.2 Å². The zero-order valence-corrected chi connectivity index (χ0v) is 18.0. The van der Waals surface area contributed by atoms with Gasteiger partial charge in [0, 0.05) is 13.6 Å². The Hall–Kier alpha value is -3.07. The summed E-state index contributed by atoms with van der Waals surface area (Å²) in [4.78, 5) is 42.4. The average molecular weight is 418 g/mol. The predicted molar refractivity (Wildman–Crippen MR) is 109 cm³/mol. The Morgan fingerprint density at radius 1 is 1.17 bits per heavy atom. The molecular formula is C21H27FN4O4. The summed E-state index contributed by atoms with van der Waals surface area (Å²) < 4.78 is 19.5. The lowest BCUT2D eigenvalue weighted by atomic mass is 9.97. The molecule has 8 nitrogen and oxygen atoms in total. The van der Waals surface area contributed by atoms with E-state index in [0.29, 0.717) is 5.56 Å². The van der Waals surface area contributed by atoms with Crippen LogP contribution in [0.2, 0.25) is 0 Å². The first-order valence-electron chi connectivity index (χ1n) is 9.37. The number of ether oxygens (including phenoxy) is 1. The first-order chi connectivity index (χ1) is 13.7. The molecule has 0 unspecified atom stereocenters. The summed E-state index contributed by atoms with van der Waals surface area (Å²) in [7, 11) is 1.44. The number of nitrogens with two attached hydrogens (primary N) is 1. The molecule has 162 valence electrons. The summed E-state index contributed by atoms with van der Waals surface area (Å²) in [6.07, 6.45) is 0. The molecule has 0 saturated heterocycles. The quantitative estimate of drug-likeness (QED) is 0.718. The van der Waals surface area contributed by atoms with E-state index in [1.165, 1.54) is 31.3 Å². The summed E-state index contributed by atoms with van der Waals surface area (Å²) in [5.74, 6) is -2.13. The Morgan fingerprint density at radius 2 is 1.73 bits per heavy atom. The molecule has 0 aliphatic rings. The maximum atomic E-state index is 13.1. The first-order valence-corrected chi connectivity index (χ1v) is 9.37. The third-order valence-electron chi connectivity index (χ3n) is 4.21. The van der Waals surface area contributed by atoms with Crippen molar-refractivity contribution in [3.05, 3.63) is 57.5 Å². The molecule has 1 amide bonds. The normalized spacial score (nSPS) is 11.9. The molecule has 1 heterocycles. The summed E-state index contributed by atoms with van der Waals surface area (Å²) in [5.41, 5.74) is 3.75. The maximum Gasteiger partial charge on any atom is 0.316 e. The van der Waals surface area contributed by atoms with Crippen LogP contribution in [0, 0.1) is 11.2 Å². The second kappa shape index (κ2) is 8.35. The van der Waals surface area contributed by atoms with Gasteiger partial charge in [-0.05, 0) is 52.3 Å². The molecule has 1 aromatic heterocycles. The Kier molecular flexibility index (Phi) is 6.46. The van der Waals surface area contributed by atoms with E-state index in [2.05, 4.69) is 10.3 Å². The van der Waals surface area contributed by atoms with Crippen LogP contribution in [0.25, 0.3) is 0 Å². The fraction of sp³-hybridized carbons (Fsp3) is 0.429. The van der Waals surface area contributed by atoms with E-state index in [0.717, 1.165) is 4.57 Å². The van der Waals surface area contributed by atoms with Crippen LogP contribution < -0.4 is 21.3 Å². The fourth-order valence-corrected chi connectivity index (χ4v) is 2.52. The minimum absolute atomic E-state index is 0.0595. The van der Waals surface area contributed by atoms with Crippen molar-refractivity contribution < 1.29 is 18.7 Å². The van der Waals surface area contributed by atoms with Crippen LogP contribution in [0.1, 0.15) is 56.5 Å². The molecule has 0 saturated carbocycles. The zero-order chi connectivity index (χ0) is 22.9. The van der Waals surface area contributed by atoms with Crippen molar-refractivity contribution in [1.82, 2.24) is 14.9 Å². The molecule has 3 N–H and O–H groups in total. The monoisotopic (exact) mass is 418 g/mol. The summed E-state index contributed by atoms with van der Waals surface area (Å²) in [6.45, 7) is 8.20. The van der Waals surface area contributed by atoms with E-state index in [-0.39, 0.29) is 18.1 Å². The lowest BCUT2D eigenvalue weighted by Crippen LogP contribution is -2.41. The third-order valence-corrected chi connectivity index (χ3v) is 4.21. The lowest BCUT2D eigenvalue weighted by molar-refractivity contribution is -0.143. The van der Waals surface area contributed by atoms with Crippen molar-refractivity contribution in [2.75, 3.05) is 0 Å². The van der Waals surface area contributed by atoms with Crippen LogP contribution in [-0.4, -0.2) is 21.4 Å². The van der Waals surface area contributed by atoms with Crippen LogP contribution in [0.3, 0.4) is 0 Å². The molecule has 0 radical (unpaired) electrons. The molecule has 2 rings (SSSR count). The highest BCUT2D eigenvalue weighted by Crippen LogP contribution is 2.22. The Morgan fingerprint density at radius 3 is 2.23 bits per heavy atom. The molecular weight excluding hydrogens is 391 g/mol. The van der Waals surface area contributed by atoms with Gasteiger partial charge in [-0.25, -0.2) is 9.37 Å². The second-order valence-corrected chi connectivity index (χ2v) is 8.65. The van der Waals surface area contributed by atoms with Crippen LogP contribution in [-0.2, 0) is 23.9 Å². The highest BCUT2D eigenvalue weighted by molar-refractivity contribution is 5.95. The summed E-state index contributed by atoms with van der Waals surface area (Å²) >= 11 is 0. The van der Waals surface area contributed by atoms with Crippen LogP contribution in [0.15, 0.2) is 29.1 Å². The molecule has 0 spiro atoms. The van der Waals surface area contributed by atoms with E-state index in [1.54, 1.807) is 34.6 Å². The number of aromatic nitrogens is 2. The molecule has 9 heteroatoms. The zero-order valence-electron chi connectivity index (χ0n) is 18.0. The van der Waals surface area contributed by atoms with Gasteiger partial charge < -0.3 is 15.8 Å². The van der Waals surface area contributed by atoms with Gasteiger partial charge in [-0.3, -0.25) is 19.0 Å². The number of carbonyl (C=O) groups excluding carboxylic acids is 2. The van der Waals surface area contributed by atoms with Crippen LogP contribution in [0.4, 0.5) is 4.39 Å². The number of amides is 1. The van der Waals surface area contributed by atoms with Gasteiger partial charge in [0.2, 0.25) is 5.75 Å². The van der Waals surface area contributed by atoms with E-state index in [4.69, 9.17) is 10.5 Å². The number of rotatable bonds is 5. The number of nitrogens with one attached hydrogen (secondary N) is 1. The van der Waals surface area contributed by atoms with Crippen LogP contribution >= 0.6 is 0 Å². The highest BCUT2D eigenvalue weighted by atomic mass is 19.1. The van der Waals surface area contributed by atoms with Gasteiger partial charge in [0.15, 0.2) is 5.69 Å². The second-order valence-electron chi connectivity index (χ2n) is 8.65. The Labute approximate surface area is 174 Å². The first kappa shape index (κ1) is 23.2. The number of halogens is 1. The molecule has 0 aliphatic heterocycles. The van der Waals surface area contributed by atoms with Crippen molar-refractivity contribution in [3.63, 3.8) is 0 Å². The van der Waals surface area contributed by atoms with Gasteiger partial charge in [0.05, 0.1) is 11.0 Å². The molecule has 1 aromatic carbocycles. The number of benzene rings is 1. The molecule has 0 aliphatic carbocycles. The maximum absolute atomic E-state index is 13.1. The van der Waals surface area contributed by atoms with Gasteiger partial charge in [0.25, 0.3) is 11.5 Å². The Balaban J connectivity index is 2.49. The van der Waals surface area contributed by atoms with E-state index < -0.39 is 40.0 Å². The molecule has 0 fully saturated rings. The van der Waals surface area contributed by atoms with Gasteiger partial charge in [-0.1, -0.05) is 12.1 Å². The smallest absolute Gasteiger partial charge is 0.316 e. The topological polar surface area (TPSA) is 116 Å². The third kappa shape index (κ3) is 5.29. The number of nitrogens with zero attached hydrogens (tertiary/aromatic N) is 2. The van der Waals surface area contributed by atoms with Gasteiger partial charge >= 0.3 is 5.97 Å². The average Bonchev–Trinajstić information content (AvgIpc) is 2.63. The molecule has 2 aromatic rings. The number of esters is 1. The van der Waals surface area contributed by atoms with Crippen molar-refractivity contribution in [2.45, 2.75) is 46.7 Å². The number of hydrogen-bond acceptors (Lipinski definition) is 6. The lowest BCUT2D eigenvalue weighted by Gasteiger charge is -2.23. The Bertz CT molecular complexity index is 1020. The van der Waals surface area contributed by atoms with Crippen molar-refractivity contribution in [3.8, 4) is 5.75 Å². The molecule has 0 bridgehead atoms. The SMILES string of the molecule is Cn1c(C(C)(C)N)nc(C(=O)NCc2ccc(F)cc2)c(OC(=O)C(C)(C)C)c1=O. The number of carbonyl (C=O) groups is 2. The van der Waals surface area contributed by atoms with Gasteiger partial charge in [-0.2, -0.15) is 0 Å². The number of hydrogen-bond donors (Lipinski definition) is 2. The fourth-order valence-electron chi connectivity index (χ4n) is 2.52. The van der Waals surface area contributed by atoms with E-state index in [1.807, 2.05) is 0 Å². The van der Waals surface area contributed by atoms with Crippen molar-refractivity contribution >= 4 is 11.9 Å². The summed E-state index contributed by atoms with van der Waals surface area (Å²) in [6, 6.07) is 5.57. The van der Waals surface area contributed by atoms with Crippen LogP contribution in [0.5, 0.6) is 5.75 Å². The van der Waals surface area contributed by atoms with Gasteiger partial charge in [-0.15, -0.1) is 0 Å². The minimum Gasteiger partial charge on any atom is -0.418 e. The molecule has 0 atom stereocenters. The minimum atomic E-state index is -1.04. The molecule has 30 heavy (non-hydrogen) atoms. The van der Waals surface area contributed by atoms with Gasteiger partial charge in [0.1, 0.15) is 11.6 Å².